The van der Waals surface area contributed by atoms with Crippen LogP contribution in [0.15, 0.2) is 18.2 Å². The molecule has 0 unspecified atom stereocenters. The highest BCUT2D eigenvalue weighted by atomic mass is 19.1. The molecule has 16 heavy (non-hydrogen) atoms. The molecular formula is C13H18FO2. The van der Waals surface area contributed by atoms with Crippen LogP contribution in [0.2, 0.25) is 0 Å². The van der Waals surface area contributed by atoms with Gasteiger partial charge >= 0.3 is 0 Å². The molecule has 0 atom stereocenters. The summed E-state index contributed by atoms with van der Waals surface area (Å²) in [6.45, 7) is 4.20. The van der Waals surface area contributed by atoms with Crippen LogP contribution in [0.1, 0.15) is 26.2 Å². The lowest BCUT2D eigenvalue weighted by molar-refractivity contribution is 0.141. The van der Waals surface area contributed by atoms with E-state index in [0.717, 1.165) is 32.5 Å². The molecule has 1 aromatic rings. The number of ether oxygens (including phenoxy) is 2. The quantitative estimate of drug-likeness (QED) is 0.632. The maximum Gasteiger partial charge on any atom is 0.134 e. The van der Waals surface area contributed by atoms with Crippen molar-refractivity contribution in [3.8, 4) is 5.75 Å². The molecule has 0 N–H and O–H groups in total. The summed E-state index contributed by atoms with van der Waals surface area (Å²) in [7, 11) is 0. The van der Waals surface area contributed by atoms with E-state index in [9.17, 15) is 4.39 Å². The van der Waals surface area contributed by atoms with Crippen molar-refractivity contribution in [2.24, 2.45) is 0 Å². The summed E-state index contributed by atoms with van der Waals surface area (Å²) in [6, 6.07) is 7.02. The minimum atomic E-state index is -0.381. The number of halogens is 1. The molecule has 1 radical (unpaired) electrons. The van der Waals surface area contributed by atoms with E-state index in [2.05, 4.69) is 6.07 Å². The standard InChI is InChI=1S/C13H18FO2/c1-2-15-9-4-3-5-10-16-13-8-6-7-12(14)11-13/h6,8,11H,2-5,9-10H2,1H3. The second-order valence-electron chi connectivity index (χ2n) is 3.48. The highest BCUT2D eigenvalue weighted by molar-refractivity contribution is 5.21. The molecule has 1 aromatic carbocycles. The number of hydrogen-bond acceptors (Lipinski definition) is 2. The van der Waals surface area contributed by atoms with Crippen LogP contribution < -0.4 is 4.74 Å². The largest absolute Gasteiger partial charge is 0.493 e. The Morgan fingerprint density at radius 3 is 2.81 bits per heavy atom. The summed E-state index contributed by atoms with van der Waals surface area (Å²) in [4.78, 5) is 0. The molecule has 0 bridgehead atoms. The Labute approximate surface area is 96.4 Å². The van der Waals surface area contributed by atoms with Crippen molar-refractivity contribution in [3.05, 3.63) is 30.1 Å². The van der Waals surface area contributed by atoms with Gasteiger partial charge in [0.2, 0.25) is 0 Å². The zero-order chi connectivity index (χ0) is 11.6. The monoisotopic (exact) mass is 225 g/mol. The zero-order valence-electron chi connectivity index (χ0n) is 9.67. The fourth-order valence-electron chi connectivity index (χ4n) is 1.33. The van der Waals surface area contributed by atoms with Crippen LogP contribution in [0.25, 0.3) is 0 Å². The second kappa shape index (κ2) is 8.11. The molecule has 0 aliphatic rings. The van der Waals surface area contributed by atoms with Gasteiger partial charge in [-0.3, -0.25) is 0 Å². The molecule has 0 fully saturated rings. The first-order valence-electron chi connectivity index (χ1n) is 5.70. The van der Waals surface area contributed by atoms with Gasteiger partial charge in [-0.15, -0.1) is 0 Å². The molecule has 0 saturated carbocycles. The molecule has 0 heterocycles. The molecule has 0 aliphatic heterocycles. The Morgan fingerprint density at radius 1 is 1.25 bits per heavy atom. The van der Waals surface area contributed by atoms with Gasteiger partial charge < -0.3 is 9.47 Å². The Morgan fingerprint density at radius 2 is 2.06 bits per heavy atom. The number of benzene rings is 1. The molecule has 0 aromatic heterocycles. The summed E-state index contributed by atoms with van der Waals surface area (Å²) >= 11 is 0. The van der Waals surface area contributed by atoms with Crippen molar-refractivity contribution in [2.45, 2.75) is 26.2 Å². The van der Waals surface area contributed by atoms with Gasteiger partial charge in [-0.05, 0) is 38.3 Å². The summed E-state index contributed by atoms with van der Waals surface area (Å²) in [5.74, 6) is 0.190. The van der Waals surface area contributed by atoms with Gasteiger partial charge in [0.25, 0.3) is 0 Å². The van der Waals surface area contributed by atoms with Crippen molar-refractivity contribution in [3.63, 3.8) is 0 Å². The van der Waals surface area contributed by atoms with Gasteiger partial charge in [0.15, 0.2) is 0 Å². The third-order valence-corrected chi connectivity index (χ3v) is 2.14. The van der Waals surface area contributed by atoms with E-state index >= 15 is 0 Å². The van der Waals surface area contributed by atoms with Crippen molar-refractivity contribution in [1.82, 2.24) is 0 Å². The summed E-state index contributed by atoms with van der Waals surface area (Å²) in [6.07, 6.45) is 3.09. The first kappa shape index (κ1) is 13.0. The maximum absolute atomic E-state index is 12.7. The number of unbranched alkanes of at least 4 members (excludes halogenated alkanes) is 2. The van der Waals surface area contributed by atoms with Crippen molar-refractivity contribution < 1.29 is 13.9 Å². The van der Waals surface area contributed by atoms with Crippen LogP contribution in [-0.2, 0) is 4.74 Å². The molecule has 3 heteroatoms. The van der Waals surface area contributed by atoms with E-state index in [1.165, 1.54) is 12.1 Å². The fourth-order valence-corrected chi connectivity index (χ4v) is 1.33. The van der Waals surface area contributed by atoms with Crippen molar-refractivity contribution in [1.29, 1.82) is 0 Å². The average Bonchev–Trinajstić information content (AvgIpc) is 2.28. The molecule has 89 valence electrons. The molecular weight excluding hydrogens is 207 g/mol. The molecule has 0 spiro atoms. The smallest absolute Gasteiger partial charge is 0.134 e. The number of rotatable bonds is 8. The van der Waals surface area contributed by atoms with Gasteiger partial charge in [-0.25, -0.2) is 4.39 Å². The molecule has 0 saturated heterocycles. The van der Waals surface area contributed by atoms with Crippen LogP contribution in [0.5, 0.6) is 5.75 Å². The first-order chi connectivity index (χ1) is 7.83. The van der Waals surface area contributed by atoms with Crippen molar-refractivity contribution in [2.75, 3.05) is 19.8 Å². The van der Waals surface area contributed by atoms with E-state index in [-0.39, 0.29) is 5.82 Å². The lowest BCUT2D eigenvalue weighted by atomic mass is 10.2. The lowest BCUT2D eigenvalue weighted by Gasteiger charge is -2.05. The summed E-state index contributed by atoms with van der Waals surface area (Å²) in [5, 5.41) is 0. The van der Waals surface area contributed by atoms with Crippen LogP contribution in [-0.4, -0.2) is 19.8 Å². The van der Waals surface area contributed by atoms with E-state index in [4.69, 9.17) is 9.47 Å². The van der Waals surface area contributed by atoms with Crippen LogP contribution in [0.3, 0.4) is 0 Å². The summed E-state index contributed by atoms with van der Waals surface area (Å²) < 4.78 is 23.3. The molecule has 0 amide bonds. The average molecular weight is 225 g/mol. The van der Waals surface area contributed by atoms with E-state index in [0.29, 0.717) is 12.4 Å². The second-order valence-corrected chi connectivity index (χ2v) is 3.48. The van der Waals surface area contributed by atoms with Crippen LogP contribution in [0.4, 0.5) is 4.39 Å². The number of hydrogen-bond donors (Lipinski definition) is 0. The minimum absolute atomic E-state index is 0.381. The third kappa shape index (κ3) is 5.71. The third-order valence-electron chi connectivity index (χ3n) is 2.14. The maximum atomic E-state index is 12.7. The normalized spacial score (nSPS) is 10.4. The van der Waals surface area contributed by atoms with Crippen molar-refractivity contribution >= 4 is 0 Å². The van der Waals surface area contributed by atoms with Gasteiger partial charge in [0.05, 0.1) is 6.61 Å². The van der Waals surface area contributed by atoms with E-state index < -0.39 is 0 Å². The zero-order valence-corrected chi connectivity index (χ0v) is 9.67. The SMILES string of the molecule is CCOCCCCCOc1cc[c]c(F)c1. The predicted molar refractivity (Wildman–Crippen MR) is 61.1 cm³/mol. The lowest BCUT2D eigenvalue weighted by Crippen LogP contribution is -1.99. The van der Waals surface area contributed by atoms with Crippen LogP contribution in [0, 0.1) is 11.9 Å². The highest BCUT2D eigenvalue weighted by Gasteiger charge is 1.96. The van der Waals surface area contributed by atoms with Gasteiger partial charge in [-0.1, -0.05) is 0 Å². The van der Waals surface area contributed by atoms with Crippen LogP contribution >= 0.6 is 0 Å². The molecule has 0 aliphatic carbocycles. The Hall–Kier alpha value is -1.09. The van der Waals surface area contributed by atoms with E-state index in [1.54, 1.807) is 6.07 Å². The highest BCUT2D eigenvalue weighted by Crippen LogP contribution is 2.12. The molecule has 2 nitrogen and oxygen atoms in total. The molecule has 1 rings (SSSR count). The minimum Gasteiger partial charge on any atom is -0.493 e. The van der Waals surface area contributed by atoms with Gasteiger partial charge in [-0.2, -0.15) is 0 Å². The summed E-state index contributed by atoms with van der Waals surface area (Å²) in [5.41, 5.74) is 0. The first-order valence-corrected chi connectivity index (χ1v) is 5.70. The Balaban J connectivity index is 2.03. The van der Waals surface area contributed by atoms with Gasteiger partial charge in [0, 0.05) is 25.3 Å². The fraction of sp³-hybridized carbons (Fsp3) is 0.538. The Kier molecular flexibility index (Phi) is 6.58. The predicted octanol–water partition coefficient (Wildman–Crippen LogP) is 3.21. The topological polar surface area (TPSA) is 18.5 Å². The van der Waals surface area contributed by atoms with E-state index in [1.807, 2.05) is 6.92 Å². The van der Waals surface area contributed by atoms with Gasteiger partial charge in [0.1, 0.15) is 11.6 Å². The Bertz CT molecular complexity index is 289.